The van der Waals surface area contributed by atoms with E-state index in [4.69, 9.17) is 19.1 Å². The normalized spacial score (nSPS) is 32.6. The molecule has 1 heterocycles. The number of amides is 1. The summed E-state index contributed by atoms with van der Waals surface area (Å²) >= 11 is 1.47. The fourth-order valence-corrected chi connectivity index (χ4v) is 11.8. The number of carboxylic acid groups (broad SMARTS) is 1. The van der Waals surface area contributed by atoms with Crippen LogP contribution in [0.2, 0.25) is 0 Å². The second-order valence-corrected chi connectivity index (χ2v) is 20.4. The second-order valence-electron chi connectivity index (χ2n) is 19.2. The van der Waals surface area contributed by atoms with Gasteiger partial charge in [-0.3, -0.25) is 24.0 Å². The lowest BCUT2D eigenvalue weighted by molar-refractivity contribution is -0.240. The Bertz CT molecular complexity index is 2370. The fraction of sp³-hybridized carbons (Fsp3) is 0.549. The van der Waals surface area contributed by atoms with Gasteiger partial charge in [-0.2, -0.15) is 21.4 Å². The van der Waals surface area contributed by atoms with E-state index in [-0.39, 0.29) is 78.8 Å². The first-order valence-corrected chi connectivity index (χ1v) is 24.0. The first kappa shape index (κ1) is 51.4. The Kier molecular flexibility index (Phi) is 15.6. The van der Waals surface area contributed by atoms with E-state index >= 15 is 8.78 Å². The zero-order valence-corrected chi connectivity index (χ0v) is 39.4. The lowest BCUT2D eigenvalue weighted by Gasteiger charge is -2.62. The van der Waals surface area contributed by atoms with Crippen molar-refractivity contribution in [2.45, 2.75) is 140 Å². The number of aliphatic carboxylic acids is 1. The van der Waals surface area contributed by atoms with Gasteiger partial charge in [-0.25, -0.2) is 13.6 Å². The maximum Gasteiger partial charge on any atom is 0.373 e. The van der Waals surface area contributed by atoms with Gasteiger partial charge in [0.25, 0.3) is 0 Å². The maximum atomic E-state index is 17.7. The van der Waals surface area contributed by atoms with Gasteiger partial charge in [-0.1, -0.05) is 68.5 Å². The lowest BCUT2D eigenvalue weighted by atomic mass is 9.44. The molecule has 360 valence electrons. The number of ether oxygens (including phenoxy) is 2. The summed E-state index contributed by atoms with van der Waals surface area (Å²) in [5, 5.41) is 25.2. The molecule has 1 unspecified atom stereocenters. The lowest BCUT2D eigenvalue weighted by Crippen LogP contribution is -2.70. The summed E-state index contributed by atoms with van der Waals surface area (Å²) in [7, 11) is 0. The number of allylic oxidation sites excluding steroid dienone is 4. The number of alkyl halides is 2. The Morgan fingerprint density at radius 1 is 0.955 bits per heavy atom. The number of carboxylic acids is 1. The molecule has 0 aromatic heterocycles. The molecule has 3 saturated carbocycles. The fourth-order valence-electron chi connectivity index (χ4n) is 11.5. The van der Waals surface area contributed by atoms with Crippen molar-refractivity contribution in [3.8, 4) is 0 Å². The van der Waals surface area contributed by atoms with Gasteiger partial charge in [0, 0.05) is 53.9 Å². The number of benzene rings is 2. The van der Waals surface area contributed by atoms with Gasteiger partial charge in [0.05, 0.1) is 17.4 Å². The second kappa shape index (κ2) is 20.3. The van der Waals surface area contributed by atoms with Crippen LogP contribution >= 0.6 is 11.8 Å². The number of Topliss-reactive ketones (excluding diaryl/α,β-unsaturated/α-hetero) is 3. The minimum absolute atomic E-state index is 0.00366. The number of halogens is 2. The van der Waals surface area contributed by atoms with Crippen molar-refractivity contribution in [1.29, 1.82) is 0 Å². The molecule has 2 aromatic rings. The molecule has 0 spiro atoms. The number of aliphatic hydroxyl groups excluding tert-OH is 1. The number of thioether (sulfide) groups is 1. The smallest absolute Gasteiger partial charge is 0.373 e. The highest BCUT2D eigenvalue weighted by atomic mass is 32.2. The van der Waals surface area contributed by atoms with E-state index < -0.39 is 82.3 Å². The van der Waals surface area contributed by atoms with Crippen molar-refractivity contribution in [1.82, 2.24) is 5.32 Å². The third-order valence-electron chi connectivity index (χ3n) is 15.2. The number of rotatable bonds is 17. The third kappa shape index (κ3) is 9.57. The number of hydrogen-bond donors (Lipinski definition) is 3. The Morgan fingerprint density at radius 3 is 2.28 bits per heavy atom. The Labute approximate surface area is 392 Å². The molecule has 67 heavy (non-hydrogen) atoms. The highest BCUT2D eigenvalue weighted by Crippen LogP contribution is 2.72. The molecule has 7 rings (SSSR count). The summed E-state index contributed by atoms with van der Waals surface area (Å²) < 4.78 is 46.4. The summed E-state index contributed by atoms with van der Waals surface area (Å²) in [4.78, 5) is 92.4. The SMILES string of the molecule is CSC(C)C(=O)CCCC(=O)C[C@@H](C)C(=O)N[C@@H](C)C(=O)Cc1cccc(Cc2ccc([C@@H]3O[C@@H]4C[C@H]5[C@@H]6C[C@H](F)C7=CC(=O)C=C[C@]7(C)[C@@]6(F)[C@@H](O)C[C@]5(C)[C@]4(C(=O)O)O3)cc2)c1.O=C=O. The van der Waals surface area contributed by atoms with E-state index in [0.29, 0.717) is 24.8 Å². The average Bonchev–Trinajstić information content (AvgIpc) is 3.79. The van der Waals surface area contributed by atoms with Gasteiger partial charge in [0.1, 0.15) is 23.8 Å². The van der Waals surface area contributed by atoms with Crippen molar-refractivity contribution in [3.05, 3.63) is 94.6 Å². The van der Waals surface area contributed by atoms with Crippen LogP contribution in [0.1, 0.15) is 108 Å². The number of ketones is 4. The monoisotopic (exact) mass is 947 g/mol. The number of nitrogens with one attached hydrogen (secondary N) is 1. The van der Waals surface area contributed by atoms with Crippen LogP contribution in [-0.2, 0) is 60.7 Å². The van der Waals surface area contributed by atoms with Gasteiger partial charge in [0.2, 0.25) is 5.91 Å². The van der Waals surface area contributed by atoms with E-state index in [1.165, 1.54) is 30.8 Å². The van der Waals surface area contributed by atoms with Crippen LogP contribution in [0.25, 0.3) is 0 Å². The van der Waals surface area contributed by atoms with E-state index in [9.17, 15) is 39.0 Å². The summed E-state index contributed by atoms with van der Waals surface area (Å²) in [5.74, 6) is -4.70. The van der Waals surface area contributed by atoms with E-state index in [0.717, 1.165) is 22.8 Å². The van der Waals surface area contributed by atoms with Crippen molar-refractivity contribution in [3.63, 3.8) is 0 Å². The molecule has 13 nitrogen and oxygen atoms in total. The largest absolute Gasteiger partial charge is 0.479 e. The number of fused-ring (bicyclic) bond motifs is 7. The van der Waals surface area contributed by atoms with Crippen LogP contribution in [0.4, 0.5) is 8.78 Å². The molecular weight excluding hydrogens is 889 g/mol. The summed E-state index contributed by atoms with van der Waals surface area (Å²) in [5.41, 5.74) is -4.05. The van der Waals surface area contributed by atoms with Crippen molar-refractivity contribution in [2.75, 3.05) is 6.26 Å². The van der Waals surface area contributed by atoms with Crippen LogP contribution in [0, 0.1) is 28.6 Å². The molecule has 4 fully saturated rings. The Hall–Kier alpha value is -4.99. The topological polar surface area (TPSA) is 208 Å². The zero-order valence-electron chi connectivity index (χ0n) is 38.6. The third-order valence-corrected chi connectivity index (χ3v) is 16.2. The van der Waals surface area contributed by atoms with Crippen LogP contribution in [0.15, 0.2) is 72.3 Å². The highest BCUT2D eigenvalue weighted by molar-refractivity contribution is 7.99. The molecule has 1 aliphatic heterocycles. The predicted octanol–water partition coefficient (Wildman–Crippen LogP) is 6.56. The standard InChI is InChI=1S/C50H59F2NO10S.CO2/c1-27(19-34(54)11-8-12-40(56)29(3)64-6)44(59)53-28(2)41(57)22-32-10-7-9-31(21-32)20-30-13-15-33(16-14-30)45-62-43-25-36-37-24-39(51)38-23-35(55)17-18-47(38,4)49(37,52)42(58)26-48(36,5)50(43,63-45)46(60)61;2-1-3/h7,9-10,13-18,21,23,27-29,36-37,39,42-43,45,58H,8,11-12,19-20,22,24-26H2,1-6H3,(H,53,59)(H,60,61);/t27-,28+,29?,36+,37+,39+,42+,43-,45-,47+,48+,49+,50+;/m1./s1. The summed E-state index contributed by atoms with van der Waals surface area (Å²) in [6.07, 6.45) is 1.52. The van der Waals surface area contributed by atoms with E-state index in [1.807, 2.05) is 49.6 Å². The van der Waals surface area contributed by atoms with Crippen LogP contribution < -0.4 is 5.32 Å². The molecule has 1 saturated heterocycles. The first-order valence-electron chi connectivity index (χ1n) is 22.7. The summed E-state index contributed by atoms with van der Waals surface area (Å²) in [6.45, 7) is 8.29. The van der Waals surface area contributed by atoms with Gasteiger partial charge in [-0.15, -0.1) is 0 Å². The van der Waals surface area contributed by atoms with Gasteiger partial charge < -0.3 is 25.0 Å². The highest BCUT2D eigenvalue weighted by Gasteiger charge is 2.80. The maximum absolute atomic E-state index is 17.7. The molecule has 3 N–H and O–H groups in total. The quantitative estimate of drug-likeness (QED) is 0.154. The van der Waals surface area contributed by atoms with Crippen molar-refractivity contribution in [2.24, 2.45) is 28.6 Å². The molecule has 2 aromatic carbocycles. The molecule has 4 aliphatic carbocycles. The average molecular weight is 948 g/mol. The summed E-state index contributed by atoms with van der Waals surface area (Å²) in [6, 6.07) is 14.1. The van der Waals surface area contributed by atoms with Gasteiger partial charge >= 0.3 is 12.1 Å². The predicted molar refractivity (Wildman–Crippen MR) is 241 cm³/mol. The molecule has 0 radical (unpaired) electrons. The number of carbonyl (C=O) groups excluding carboxylic acids is 7. The minimum atomic E-state index is -2.36. The van der Waals surface area contributed by atoms with Crippen LogP contribution in [0.5, 0.6) is 0 Å². The Morgan fingerprint density at radius 2 is 1.63 bits per heavy atom. The Balaban J connectivity index is 0.00000240. The van der Waals surface area contributed by atoms with Crippen molar-refractivity contribution < 1.29 is 66.8 Å². The van der Waals surface area contributed by atoms with E-state index in [1.54, 1.807) is 32.9 Å². The number of aliphatic hydroxyl groups is 1. The zero-order chi connectivity index (χ0) is 49.2. The van der Waals surface area contributed by atoms with Crippen molar-refractivity contribution >= 4 is 52.9 Å². The molecule has 13 atom stereocenters. The first-order chi connectivity index (χ1) is 31.6. The number of carbonyl (C=O) groups is 6. The number of hydrogen-bond acceptors (Lipinski definition) is 12. The van der Waals surface area contributed by atoms with Crippen LogP contribution in [-0.4, -0.2) is 98.6 Å². The van der Waals surface area contributed by atoms with Gasteiger partial charge in [0.15, 0.2) is 29.1 Å². The molecule has 5 aliphatic rings. The van der Waals surface area contributed by atoms with Crippen LogP contribution in [0.3, 0.4) is 0 Å². The van der Waals surface area contributed by atoms with E-state index in [2.05, 4.69) is 5.32 Å². The molecule has 16 heteroatoms. The molecule has 0 bridgehead atoms. The van der Waals surface area contributed by atoms with Gasteiger partial charge in [-0.05, 0) is 99.5 Å². The molecular formula is C51H59F2NO12S. The minimum Gasteiger partial charge on any atom is -0.479 e. The molecule has 1 amide bonds.